The van der Waals surface area contributed by atoms with Crippen molar-refractivity contribution in [3.63, 3.8) is 0 Å². The van der Waals surface area contributed by atoms with Crippen LogP contribution in [0.25, 0.3) is 0 Å². The van der Waals surface area contributed by atoms with Gasteiger partial charge in [-0.2, -0.15) is 0 Å². The zero-order valence-electron chi connectivity index (χ0n) is 24.6. The zero-order valence-corrected chi connectivity index (χ0v) is 24.6. The first-order valence-corrected chi connectivity index (χ1v) is 14.8. The van der Waals surface area contributed by atoms with Crippen molar-refractivity contribution in [3.8, 4) is 0 Å². The van der Waals surface area contributed by atoms with E-state index in [2.05, 4.69) is 65.0 Å². The third kappa shape index (κ3) is 15.3. The van der Waals surface area contributed by atoms with Gasteiger partial charge in [-0.25, -0.2) is 0 Å². The number of allylic oxidation sites excluding steroid dienone is 9. The predicted molar refractivity (Wildman–Crippen MR) is 158 cm³/mol. The number of ether oxygens (including phenoxy) is 1. The summed E-state index contributed by atoms with van der Waals surface area (Å²) in [4.78, 5) is 12.0. The highest BCUT2D eigenvalue weighted by atomic mass is 16.5. The molecule has 0 aromatic carbocycles. The Kier molecular flexibility index (Phi) is 17.3. The molecule has 1 rings (SSSR count). The molecule has 0 radical (unpaired) electrons. The lowest BCUT2D eigenvalue weighted by Gasteiger charge is -2.32. The molecule has 0 aliphatic heterocycles. The van der Waals surface area contributed by atoms with Crippen LogP contribution >= 0.6 is 0 Å². The molecule has 0 saturated heterocycles. The van der Waals surface area contributed by atoms with Gasteiger partial charge < -0.3 is 4.74 Å². The van der Waals surface area contributed by atoms with Crippen LogP contribution in [0.15, 0.2) is 58.7 Å². The second-order valence-corrected chi connectivity index (χ2v) is 11.5. The van der Waals surface area contributed by atoms with Crippen LogP contribution in [0.3, 0.4) is 0 Å². The Labute approximate surface area is 224 Å². The lowest BCUT2D eigenvalue weighted by atomic mass is 9.72. The van der Waals surface area contributed by atoms with Gasteiger partial charge in [-0.05, 0) is 63.5 Å². The Balaban J connectivity index is 2.19. The van der Waals surface area contributed by atoms with Crippen LogP contribution in [0.5, 0.6) is 0 Å². The van der Waals surface area contributed by atoms with Crippen molar-refractivity contribution in [1.82, 2.24) is 0 Å². The first-order chi connectivity index (χ1) is 17.3. The predicted octanol–water partition coefficient (Wildman–Crippen LogP) is 10.8. The van der Waals surface area contributed by atoms with Crippen molar-refractivity contribution >= 4 is 5.97 Å². The van der Waals surface area contributed by atoms with E-state index in [1.54, 1.807) is 0 Å². The molecule has 1 aliphatic rings. The Bertz CT molecular complexity index is 773. The number of esters is 1. The molecule has 0 N–H and O–H groups in total. The molecule has 204 valence electrons. The maximum Gasteiger partial charge on any atom is 0.306 e. The van der Waals surface area contributed by atoms with Crippen LogP contribution in [0.4, 0.5) is 0 Å². The number of unbranched alkanes of at least 4 members (excludes halogenated alkanes) is 10. The van der Waals surface area contributed by atoms with Crippen LogP contribution in [-0.4, -0.2) is 12.6 Å². The summed E-state index contributed by atoms with van der Waals surface area (Å²) in [7, 11) is 0. The molecule has 0 bridgehead atoms. The smallest absolute Gasteiger partial charge is 0.306 e. The number of carbonyl (C=O) groups excluding carboxylic acids is 1. The molecule has 36 heavy (non-hydrogen) atoms. The summed E-state index contributed by atoms with van der Waals surface area (Å²) in [6, 6.07) is 0. The number of rotatable bonds is 18. The lowest BCUT2D eigenvalue weighted by Crippen LogP contribution is -2.19. The van der Waals surface area contributed by atoms with E-state index in [1.807, 2.05) is 13.0 Å². The van der Waals surface area contributed by atoms with Crippen LogP contribution < -0.4 is 0 Å². The van der Waals surface area contributed by atoms with E-state index in [-0.39, 0.29) is 11.4 Å². The van der Waals surface area contributed by atoms with Gasteiger partial charge in [-0.1, -0.05) is 132 Å². The van der Waals surface area contributed by atoms with Crippen molar-refractivity contribution in [1.29, 1.82) is 0 Å². The van der Waals surface area contributed by atoms with Gasteiger partial charge in [-0.3, -0.25) is 4.79 Å². The highest BCUT2D eigenvalue weighted by Crippen LogP contribution is 2.40. The van der Waals surface area contributed by atoms with Gasteiger partial charge in [0.1, 0.15) is 6.61 Å². The Morgan fingerprint density at radius 1 is 0.889 bits per heavy atom. The molecule has 0 heterocycles. The number of hydrogen-bond acceptors (Lipinski definition) is 2. The van der Waals surface area contributed by atoms with Gasteiger partial charge in [0, 0.05) is 6.42 Å². The molecule has 0 unspecified atom stereocenters. The molecule has 0 fully saturated rings. The molecule has 2 nitrogen and oxygen atoms in total. The average molecular weight is 497 g/mol. The summed E-state index contributed by atoms with van der Waals surface area (Å²) in [5.74, 6) is -0.0740. The quantitative estimate of drug-likeness (QED) is 0.107. The van der Waals surface area contributed by atoms with Gasteiger partial charge in [0.2, 0.25) is 0 Å². The maximum atomic E-state index is 12.0. The van der Waals surface area contributed by atoms with Crippen LogP contribution in [0.2, 0.25) is 0 Å². The molecule has 0 aromatic rings. The zero-order chi connectivity index (χ0) is 26.7. The molecule has 0 amide bonds. The van der Waals surface area contributed by atoms with Crippen molar-refractivity contribution in [3.05, 3.63) is 58.7 Å². The van der Waals surface area contributed by atoms with Crippen molar-refractivity contribution in [2.45, 2.75) is 138 Å². The fraction of sp³-hybridized carbons (Fsp3) is 0.676. The number of carbonyl (C=O) groups is 1. The summed E-state index contributed by atoms with van der Waals surface area (Å²) >= 11 is 0. The highest BCUT2D eigenvalue weighted by molar-refractivity contribution is 5.69. The standard InChI is InChI=1S/C34H56O2/c1-7-8-9-10-11-12-13-14-15-16-17-23-33(35)36-28-26-30(3)21-18-20-29(2)24-25-32-31(4)22-19-27-34(32,5)6/h18,20-21,24-26H,7-17,19,22-23,27-28H2,1-6H3. The van der Waals surface area contributed by atoms with Crippen molar-refractivity contribution in [2.75, 3.05) is 6.61 Å². The van der Waals surface area contributed by atoms with E-state index < -0.39 is 0 Å². The molecule has 0 aromatic heterocycles. The monoisotopic (exact) mass is 496 g/mol. The minimum Gasteiger partial charge on any atom is -0.461 e. The molecule has 0 spiro atoms. The van der Waals surface area contributed by atoms with Crippen LogP contribution in [0, 0.1) is 5.41 Å². The third-order valence-electron chi connectivity index (χ3n) is 7.41. The SMILES string of the molecule is CCCCCCCCCCCCCC(=O)OCC=C(C)C=CC=C(C)C=CC1=C(C)CCCC1(C)C. The van der Waals surface area contributed by atoms with E-state index in [4.69, 9.17) is 4.74 Å². The van der Waals surface area contributed by atoms with Crippen LogP contribution in [0.1, 0.15) is 138 Å². The van der Waals surface area contributed by atoms with E-state index in [0.29, 0.717) is 13.0 Å². The fourth-order valence-corrected chi connectivity index (χ4v) is 4.97. The van der Waals surface area contributed by atoms with Gasteiger partial charge >= 0.3 is 5.97 Å². The maximum absolute atomic E-state index is 12.0. The minimum absolute atomic E-state index is 0.0740. The summed E-state index contributed by atoms with van der Waals surface area (Å²) in [5, 5.41) is 0. The number of hydrogen-bond donors (Lipinski definition) is 0. The average Bonchev–Trinajstić information content (AvgIpc) is 2.82. The van der Waals surface area contributed by atoms with Crippen LogP contribution in [-0.2, 0) is 9.53 Å². The summed E-state index contributed by atoms with van der Waals surface area (Å²) in [6.45, 7) is 13.8. The molecular weight excluding hydrogens is 440 g/mol. The molecule has 2 heteroatoms. The summed E-state index contributed by atoms with van der Waals surface area (Å²) < 4.78 is 5.39. The van der Waals surface area contributed by atoms with Gasteiger partial charge in [0.25, 0.3) is 0 Å². The third-order valence-corrected chi connectivity index (χ3v) is 7.41. The van der Waals surface area contributed by atoms with Crippen molar-refractivity contribution in [2.24, 2.45) is 5.41 Å². The van der Waals surface area contributed by atoms with Gasteiger partial charge in [0.15, 0.2) is 0 Å². The largest absolute Gasteiger partial charge is 0.461 e. The Morgan fingerprint density at radius 2 is 1.50 bits per heavy atom. The molecular formula is C34H56O2. The highest BCUT2D eigenvalue weighted by Gasteiger charge is 2.26. The first kappa shape index (κ1) is 32.2. The van der Waals surface area contributed by atoms with E-state index in [9.17, 15) is 4.79 Å². The molecule has 0 atom stereocenters. The Morgan fingerprint density at radius 3 is 2.11 bits per heavy atom. The second kappa shape index (κ2) is 19.3. The summed E-state index contributed by atoms with van der Waals surface area (Å²) in [5.41, 5.74) is 5.65. The van der Waals surface area contributed by atoms with Crippen molar-refractivity contribution < 1.29 is 9.53 Å². The normalized spacial score (nSPS) is 16.9. The van der Waals surface area contributed by atoms with E-state index in [0.717, 1.165) is 18.4 Å². The van der Waals surface area contributed by atoms with Gasteiger partial charge in [0.05, 0.1) is 0 Å². The lowest BCUT2D eigenvalue weighted by molar-refractivity contribution is -0.142. The fourth-order valence-electron chi connectivity index (χ4n) is 4.97. The van der Waals surface area contributed by atoms with E-state index >= 15 is 0 Å². The van der Waals surface area contributed by atoms with E-state index in [1.165, 1.54) is 93.8 Å². The van der Waals surface area contributed by atoms with Gasteiger partial charge in [-0.15, -0.1) is 0 Å². The topological polar surface area (TPSA) is 26.3 Å². The molecule has 1 aliphatic carbocycles. The first-order valence-electron chi connectivity index (χ1n) is 14.8. The Hall–Kier alpha value is -1.83. The summed E-state index contributed by atoms with van der Waals surface area (Å²) in [6.07, 6.45) is 31.4. The second-order valence-electron chi connectivity index (χ2n) is 11.5. The minimum atomic E-state index is -0.0740. The molecule has 0 saturated carbocycles.